The van der Waals surface area contributed by atoms with Crippen molar-refractivity contribution in [3.8, 4) is 5.75 Å². The van der Waals surface area contributed by atoms with Crippen molar-refractivity contribution in [3.05, 3.63) is 29.3 Å². The van der Waals surface area contributed by atoms with E-state index >= 15 is 0 Å². The molecule has 0 radical (unpaired) electrons. The summed E-state index contributed by atoms with van der Waals surface area (Å²) in [7, 11) is 3.48. The van der Waals surface area contributed by atoms with E-state index in [1.54, 1.807) is 25.9 Å². The number of aliphatic imine (C=N–C) groups is 1. The third-order valence-electron chi connectivity index (χ3n) is 1.98. The maximum atomic E-state index is 5.29. The molecule has 0 fully saturated rings. The van der Waals surface area contributed by atoms with E-state index in [1.165, 1.54) is 5.56 Å². The summed E-state index contributed by atoms with van der Waals surface area (Å²) in [6.07, 6.45) is 2.02. The minimum atomic E-state index is 0.880. The quantitative estimate of drug-likeness (QED) is 0.552. The average molecular weight is 209 g/mol. The normalized spacial score (nSPS) is 11.6. The molecule has 0 atom stereocenters. The number of benzene rings is 1. The van der Waals surface area contributed by atoms with Gasteiger partial charge in [0.15, 0.2) is 0 Å². The van der Waals surface area contributed by atoms with Gasteiger partial charge in [-0.1, -0.05) is 11.6 Å². The highest BCUT2D eigenvalue weighted by atomic mass is 32.2. The number of hydrogen-bond acceptors (Lipinski definition) is 3. The minimum absolute atomic E-state index is 0.880. The summed E-state index contributed by atoms with van der Waals surface area (Å²) in [5, 5.41) is 1.01. The second-order valence-electron chi connectivity index (χ2n) is 2.94. The zero-order valence-corrected chi connectivity index (χ0v) is 9.81. The summed E-state index contributed by atoms with van der Waals surface area (Å²) in [5.41, 5.74) is 2.29. The average Bonchev–Trinajstić information content (AvgIpc) is 2.20. The maximum absolute atomic E-state index is 5.29. The molecule has 0 spiro atoms. The molecule has 0 heterocycles. The van der Waals surface area contributed by atoms with E-state index in [1.807, 2.05) is 18.4 Å². The van der Waals surface area contributed by atoms with E-state index in [0.29, 0.717) is 0 Å². The third kappa shape index (κ3) is 2.29. The lowest BCUT2D eigenvalue weighted by Gasteiger charge is -2.09. The van der Waals surface area contributed by atoms with Crippen LogP contribution in [0.1, 0.15) is 11.1 Å². The molecule has 76 valence electrons. The first-order chi connectivity index (χ1) is 6.72. The molecule has 0 amide bonds. The molecule has 0 aromatic heterocycles. The van der Waals surface area contributed by atoms with E-state index in [-0.39, 0.29) is 0 Å². The van der Waals surface area contributed by atoms with E-state index in [0.717, 1.165) is 16.4 Å². The fourth-order valence-electron chi connectivity index (χ4n) is 1.31. The van der Waals surface area contributed by atoms with Crippen LogP contribution in [0.3, 0.4) is 0 Å². The molecule has 0 aliphatic rings. The Labute approximate surface area is 89.4 Å². The molecule has 1 aromatic carbocycles. The highest BCUT2D eigenvalue weighted by Gasteiger charge is 2.08. The van der Waals surface area contributed by atoms with Crippen LogP contribution in [0.5, 0.6) is 5.75 Å². The number of ether oxygens (including phenoxy) is 1. The number of rotatable bonds is 2. The molecule has 1 aromatic rings. The lowest BCUT2D eigenvalue weighted by Crippen LogP contribution is -1.99. The SMILES string of the molecule is CN=C(SC)c1cc(C)ccc1OC. The first-order valence-corrected chi connectivity index (χ1v) is 5.61. The fraction of sp³-hybridized carbons (Fsp3) is 0.364. The van der Waals surface area contributed by atoms with Crippen LogP contribution in [-0.4, -0.2) is 25.5 Å². The predicted octanol–water partition coefficient (Wildman–Crippen LogP) is 2.74. The standard InChI is InChI=1S/C11H15NOS/c1-8-5-6-10(13-3)9(7-8)11(12-2)14-4/h5-7H,1-4H3. The second-order valence-corrected chi connectivity index (χ2v) is 3.73. The van der Waals surface area contributed by atoms with E-state index in [2.05, 4.69) is 18.0 Å². The maximum Gasteiger partial charge on any atom is 0.128 e. The molecule has 3 heteroatoms. The Bertz CT molecular complexity index is 347. The lowest BCUT2D eigenvalue weighted by atomic mass is 10.1. The van der Waals surface area contributed by atoms with Crippen molar-refractivity contribution in [2.45, 2.75) is 6.92 Å². The first-order valence-electron chi connectivity index (χ1n) is 4.38. The van der Waals surface area contributed by atoms with Gasteiger partial charge in [0, 0.05) is 12.6 Å². The van der Waals surface area contributed by atoms with E-state index in [4.69, 9.17) is 4.74 Å². The van der Waals surface area contributed by atoms with Crippen LogP contribution in [0.2, 0.25) is 0 Å². The Kier molecular flexibility index (Phi) is 4.01. The number of methoxy groups -OCH3 is 1. The highest BCUT2D eigenvalue weighted by Crippen LogP contribution is 2.23. The van der Waals surface area contributed by atoms with Crippen molar-refractivity contribution in [2.75, 3.05) is 20.4 Å². The molecule has 0 aliphatic carbocycles. The molecule has 1 rings (SSSR count). The highest BCUT2D eigenvalue weighted by molar-refractivity contribution is 8.13. The molecule has 0 N–H and O–H groups in total. The van der Waals surface area contributed by atoms with Gasteiger partial charge in [0.25, 0.3) is 0 Å². The van der Waals surface area contributed by atoms with Crippen molar-refractivity contribution in [1.29, 1.82) is 0 Å². The second kappa shape index (κ2) is 5.05. The molecule has 0 saturated carbocycles. The molecule has 2 nitrogen and oxygen atoms in total. The van der Waals surface area contributed by atoms with Gasteiger partial charge in [-0.15, -0.1) is 11.8 Å². The van der Waals surface area contributed by atoms with Gasteiger partial charge in [0.2, 0.25) is 0 Å². The van der Waals surface area contributed by atoms with Gasteiger partial charge in [-0.2, -0.15) is 0 Å². The Morgan fingerprint density at radius 1 is 1.43 bits per heavy atom. The van der Waals surface area contributed by atoms with Gasteiger partial charge in [-0.05, 0) is 25.3 Å². The van der Waals surface area contributed by atoms with Crippen LogP contribution in [0.4, 0.5) is 0 Å². The van der Waals surface area contributed by atoms with Gasteiger partial charge in [0.1, 0.15) is 10.8 Å². The molecule has 0 bridgehead atoms. The summed E-state index contributed by atoms with van der Waals surface area (Å²) in [5.74, 6) is 0.880. The topological polar surface area (TPSA) is 21.6 Å². The van der Waals surface area contributed by atoms with Crippen LogP contribution in [0.15, 0.2) is 23.2 Å². The van der Waals surface area contributed by atoms with Crippen LogP contribution in [-0.2, 0) is 0 Å². The summed E-state index contributed by atoms with van der Waals surface area (Å²) >= 11 is 1.63. The predicted molar refractivity (Wildman–Crippen MR) is 63.7 cm³/mol. The zero-order chi connectivity index (χ0) is 10.6. The van der Waals surface area contributed by atoms with Gasteiger partial charge < -0.3 is 4.74 Å². The number of nitrogens with zero attached hydrogens (tertiary/aromatic N) is 1. The summed E-state index contributed by atoms with van der Waals surface area (Å²) in [6.45, 7) is 2.07. The molecule has 14 heavy (non-hydrogen) atoms. The van der Waals surface area contributed by atoms with Crippen LogP contribution in [0.25, 0.3) is 0 Å². The fourth-order valence-corrected chi connectivity index (χ4v) is 1.87. The number of aryl methyl sites for hydroxylation is 1. The molecule has 0 saturated heterocycles. The molecule has 0 unspecified atom stereocenters. The van der Waals surface area contributed by atoms with Crippen LogP contribution in [0, 0.1) is 6.92 Å². The van der Waals surface area contributed by atoms with Crippen molar-refractivity contribution < 1.29 is 4.74 Å². The zero-order valence-electron chi connectivity index (χ0n) is 9.00. The Morgan fingerprint density at radius 3 is 2.64 bits per heavy atom. The number of thioether (sulfide) groups is 1. The van der Waals surface area contributed by atoms with Crippen molar-refractivity contribution >= 4 is 16.8 Å². The summed E-state index contributed by atoms with van der Waals surface area (Å²) in [6, 6.07) is 6.11. The largest absolute Gasteiger partial charge is 0.496 e. The molecular weight excluding hydrogens is 194 g/mol. The van der Waals surface area contributed by atoms with Gasteiger partial charge in [-0.3, -0.25) is 4.99 Å². The Hall–Kier alpha value is -0.960. The smallest absolute Gasteiger partial charge is 0.128 e. The molecule has 0 aliphatic heterocycles. The van der Waals surface area contributed by atoms with Gasteiger partial charge >= 0.3 is 0 Å². The Morgan fingerprint density at radius 2 is 2.14 bits per heavy atom. The lowest BCUT2D eigenvalue weighted by molar-refractivity contribution is 0.414. The Balaban J connectivity index is 3.22. The summed E-state index contributed by atoms with van der Waals surface area (Å²) in [4.78, 5) is 4.23. The van der Waals surface area contributed by atoms with Gasteiger partial charge in [-0.25, -0.2) is 0 Å². The van der Waals surface area contributed by atoms with E-state index < -0.39 is 0 Å². The number of hydrogen-bond donors (Lipinski definition) is 0. The van der Waals surface area contributed by atoms with Crippen molar-refractivity contribution in [3.63, 3.8) is 0 Å². The van der Waals surface area contributed by atoms with Crippen LogP contribution >= 0.6 is 11.8 Å². The summed E-state index contributed by atoms with van der Waals surface area (Å²) < 4.78 is 5.29. The van der Waals surface area contributed by atoms with Crippen molar-refractivity contribution in [1.82, 2.24) is 0 Å². The monoisotopic (exact) mass is 209 g/mol. The van der Waals surface area contributed by atoms with Gasteiger partial charge in [0.05, 0.1) is 7.11 Å². The van der Waals surface area contributed by atoms with Crippen molar-refractivity contribution in [2.24, 2.45) is 4.99 Å². The minimum Gasteiger partial charge on any atom is -0.496 e. The first kappa shape index (κ1) is 11.1. The third-order valence-corrected chi connectivity index (χ3v) is 2.77. The van der Waals surface area contributed by atoms with E-state index in [9.17, 15) is 0 Å². The molecular formula is C11H15NOS. The van der Waals surface area contributed by atoms with Crippen LogP contribution < -0.4 is 4.74 Å².